The first-order valence-corrected chi connectivity index (χ1v) is 7.52. The molecule has 18 heavy (non-hydrogen) atoms. The molecule has 1 aromatic heterocycles. The summed E-state index contributed by atoms with van der Waals surface area (Å²) in [5.41, 5.74) is 1.28. The molecule has 0 spiro atoms. The number of pyridine rings is 1. The van der Waals surface area contributed by atoms with Crippen molar-refractivity contribution in [1.82, 2.24) is 10.3 Å². The summed E-state index contributed by atoms with van der Waals surface area (Å²) < 4.78 is 6.51. The van der Waals surface area contributed by atoms with E-state index in [1.54, 1.807) is 0 Å². The van der Waals surface area contributed by atoms with E-state index in [0.717, 1.165) is 43.5 Å². The van der Waals surface area contributed by atoms with Crippen molar-refractivity contribution in [1.29, 1.82) is 0 Å². The van der Waals surface area contributed by atoms with Crippen LogP contribution in [0.4, 0.5) is 0 Å². The standard InChI is InChI=1S/C14H21BrN2O/c1-2-5-17-14(11-3-6-18-7-4-11)12-8-13(15)10-16-9-12/h8-11,14,17H,2-7H2,1H3. The lowest BCUT2D eigenvalue weighted by atomic mass is 9.87. The van der Waals surface area contributed by atoms with Crippen LogP contribution in [0.1, 0.15) is 37.8 Å². The molecule has 1 aromatic rings. The predicted octanol–water partition coefficient (Wildman–Crippen LogP) is 3.31. The average Bonchev–Trinajstić information content (AvgIpc) is 2.40. The summed E-state index contributed by atoms with van der Waals surface area (Å²) in [6.45, 7) is 5.02. The van der Waals surface area contributed by atoms with Crippen molar-refractivity contribution in [3.8, 4) is 0 Å². The monoisotopic (exact) mass is 312 g/mol. The number of hydrogen-bond donors (Lipinski definition) is 1. The van der Waals surface area contributed by atoms with Crippen LogP contribution in [0.2, 0.25) is 0 Å². The van der Waals surface area contributed by atoms with E-state index in [2.05, 4.69) is 39.2 Å². The molecule has 4 heteroatoms. The van der Waals surface area contributed by atoms with Gasteiger partial charge < -0.3 is 10.1 Å². The van der Waals surface area contributed by atoms with Crippen LogP contribution in [0, 0.1) is 5.92 Å². The Bertz CT molecular complexity index is 367. The Morgan fingerprint density at radius 3 is 2.89 bits per heavy atom. The first-order chi connectivity index (χ1) is 8.81. The molecule has 0 amide bonds. The Kier molecular flexibility index (Phi) is 5.60. The zero-order valence-corrected chi connectivity index (χ0v) is 12.4. The largest absolute Gasteiger partial charge is 0.381 e. The number of halogens is 1. The van der Waals surface area contributed by atoms with Gasteiger partial charge in [-0.05, 0) is 59.3 Å². The van der Waals surface area contributed by atoms with E-state index >= 15 is 0 Å². The van der Waals surface area contributed by atoms with E-state index in [4.69, 9.17) is 4.74 Å². The second-order valence-electron chi connectivity index (χ2n) is 4.82. The Hall–Kier alpha value is -0.450. The summed E-state index contributed by atoms with van der Waals surface area (Å²) in [4.78, 5) is 4.29. The fourth-order valence-electron chi connectivity index (χ4n) is 2.50. The van der Waals surface area contributed by atoms with Crippen LogP contribution in [-0.2, 0) is 4.74 Å². The van der Waals surface area contributed by atoms with E-state index in [-0.39, 0.29) is 0 Å². The third-order valence-electron chi connectivity index (χ3n) is 3.44. The van der Waals surface area contributed by atoms with E-state index in [9.17, 15) is 0 Å². The number of hydrogen-bond acceptors (Lipinski definition) is 3. The van der Waals surface area contributed by atoms with Gasteiger partial charge in [-0.1, -0.05) is 6.92 Å². The first-order valence-electron chi connectivity index (χ1n) is 6.73. The summed E-state index contributed by atoms with van der Waals surface area (Å²) in [5.74, 6) is 0.654. The second kappa shape index (κ2) is 7.22. The fraction of sp³-hybridized carbons (Fsp3) is 0.643. The van der Waals surface area contributed by atoms with Gasteiger partial charge in [0, 0.05) is 36.1 Å². The summed E-state index contributed by atoms with van der Waals surface area (Å²) >= 11 is 3.51. The highest BCUT2D eigenvalue weighted by atomic mass is 79.9. The molecule has 0 aliphatic carbocycles. The third kappa shape index (κ3) is 3.77. The van der Waals surface area contributed by atoms with Gasteiger partial charge >= 0.3 is 0 Å². The fourth-order valence-corrected chi connectivity index (χ4v) is 2.89. The number of nitrogens with one attached hydrogen (secondary N) is 1. The van der Waals surface area contributed by atoms with Crippen LogP contribution in [0.3, 0.4) is 0 Å². The van der Waals surface area contributed by atoms with Gasteiger partial charge in [-0.15, -0.1) is 0 Å². The summed E-state index contributed by atoms with van der Waals surface area (Å²) in [7, 11) is 0. The zero-order valence-electron chi connectivity index (χ0n) is 10.9. The lowest BCUT2D eigenvalue weighted by Crippen LogP contribution is -2.32. The van der Waals surface area contributed by atoms with Gasteiger partial charge in [0.2, 0.25) is 0 Å². The SMILES string of the molecule is CCCNC(c1cncc(Br)c1)C1CCOCC1. The van der Waals surface area contributed by atoms with Gasteiger partial charge in [0.05, 0.1) is 0 Å². The Balaban J connectivity index is 2.12. The van der Waals surface area contributed by atoms with Gasteiger partial charge in [0.1, 0.15) is 0 Å². The molecule has 0 aromatic carbocycles. The number of nitrogens with zero attached hydrogens (tertiary/aromatic N) is 1. The number of rotatable bonds is 5. The Labute approximate surface area is 117 Å². The second-order valence-corrected chi connectivity index (χ2v) is 5.73. The highest BCUT2D eigenvalue weighted by Gasteiger charge is 2.25. The first kappa shape index (κ1) is 14.0. The van der Waals surface area contributed by atoms with E-state index < -0.39 is 0 Å². The maximum absolute atomic E-state index is 5.46. The lowest BCUT2D eigenvalue weighted by Gasteiger charge is -2.31. The molecule has 100 valence electrons. The van der Waals surface area contributed by atoms with Crippen molar-refractivity contribution in [2.75, 3.05) is 19.8 Å². The van der Waals surface area contributed by atoms with E-state index in [1.807, 2.05) is 12.4 Å². The summed E-state index contributed by atoms with van der Waals surface area (Å²) in [5, 5.41) is 3.67. The molecule has 1 atom stereocenters. The molecular weight excluding hydrogens is 292 g/mol. The minimum absolute atomic E-state index is 0.402. The van der Waals surface area contributed by atoms with Gasteiger partial charge in [-0.3, -0.25) is 4.98 Å². The molecule has 0 bridgehead atoms. The lowest BCUT2D eigenvalue weighted by molar-refractivity contribution is 0.0536. The van der Waals surface area contributed by atoms with Gasteiger partial charge in [0.25, 0.3) is 0 Å². The van der Waals surface area contributed by atoms with Crippen molar-refractivity contribution >= 4 is 15.9 Å². The highest BCUT2D eigenvalue weighted by Crippen LogP contribution is 2.30. The van der Waals surface area contributed by atoms with Crippen LogP contribution < -0.4 is 5.32 Å². The van der Waals surface area contributed by atoms with Crippen molar-refractivity contribution in [2.45, 2.75) is 32.2 Å². The van der Waals surface area contributed by atoms with Gasteiger partial charge in [0.15, 0.2) is 0 Å². The van der Waals surface area contributed by atoms with Crippen molar-refractivity contribution in [3.63, 3.8) is 0 Å². The molecular formula is C14H21BrN2O. The molecule has 1 aliphatic heterocycles. The van der Waals surface area contributed by atoms with Gasteiger partial charge in [-0.2, -0.15) is 0 Å². The molecule has 2 heterocycles. The molecule has 0 radical (unpaired) electrons. The van der Waals surface area contributed by atoms with Crippen LogP contribution >= 0.6 is 15.9 Å². The van der Waals surface area contributed by atoms with Crippen molar-refractivity contribution < 1.29 is 4.74 Å². The molecule has 2 rings (SSSR count). The minimum atomic E-state index is 0.402. The van der Waals surface area contributed by atoms with Gasteiger partial charge in [-0.25, -0.2) is 0 Å². The third-order valence-corrected chi connectivity index (χ3v) is 3.87. The van der Waals surface area contributed by atoms with Crippen LogP contribution in [-0.4, -0.2) is 24.7 Å². The molecule has 0 saturated carbocycles. The van der Waals surface area contributed by atoms with Crippen LogP contribution in [0.15, 0.2) is 22.9 Å². The average molecular weight is 313 g/mol. The number of aromatic nitrogens is 1. The maximum atomic E-state index is 5.46. The molecule has 1 unspecified atom stereocenters. The van der Waals surface area contributed by atoms with Crippen LogP contribution in [0.5, 0.6) is 0 Å². The quantitative estimate of drug-likeness (QED) is 0.905. The Morgan fingerprint density at radius 1 is 1.44 bits per heavy atom. The topological polar surface area (TPSA) is 34.2 Å². The highest BCUT2D eigenvalue weighted by molar-refractivity contribution is 9.10. The van der Waals surface area contributed by atoms with E-state index in [0.29, 0.717) is 12.0 Å². The Morgan fingerprint density at radius 2 is 2.22 bits per heavy atom. The molecule has 1 aliphatic rings. The number of ether oxygens (including phenoxy) is 1. The normalized spacial score (nSPS) is 18.8. The molecule has 1 N–H and O–H groups in total. The van der Waals surface area contributed by atoms with Crippen LogP contribution in [0.25, 0.3) is 0 Å². The molecule has 1 fully saturated rings. The smallest absolute Gasteiger partial charge is 0.0469 e. The maximum Gasteiger partial charge on any atom is 0.0469 e. The van der Waals surface area contributed by atoms with E-state index in [1.165, 1.54) is 5.56 Å². The minimum Gasteiger partial charge on any atom is -0.381 e. The molecule has 1 saturated heterocycles. The molecule has 3 nitrogen and oxygen atoms in total. The zero-order chi connectivity index (χ0) is 12.8. The van der Waals surface area contributed by atoms with Crippen molar-refractivity contribution in [2.24, 2.45) is 5.92 Å². The van der Waals surface area contributed by atoms with Crippen molar-refractivity contribution in [3.05, 3.63) is 28.5 Å². The summed E-state index contributed by atoms with van der Waals surface area (Å²) in [6.07, 6.45) is 7.24. The summed E-state index contributed by atoms with van der Waals surface area (Å²) in [6, 6.07) is 2.58. The predicted molar refractivity (Wildman–Crippen MR) is 76.5 cm³/mol.